The van der Waals surface area contributed by atoms with Crippen molar-refractivity contribution in [3.8, 4) is 11.8 Å². The second kappa shape index (κ2) is 6.82. The Labute approximate surface area is 110 Å². The summed E-state index contributed by atoms with van der Waals surface area (Å²) in [7, 11) is 0. The van der Waals surface area contributed by atoms with Crippen LogP contribution in [0, 0.1) is 28.9 Å². The van der Waals surface area contributed by atoms with Gasteiger partial charge in [-0.15, -0.1) is 0 Å². The molecule has 18 heavy (non-hydrogen) atoms. The quantitative estimate of drug-likeness (QED) is 0.364. The fraction of sp³-hybridized carbons (Fsp3) is 0.308. The molecule has 0 fully saturated rings. The van der Waals surface area contributed by atoms with Crippen LogP contribution >= 0.6 is 11.8 Å². The van der Waals surface area contributed by atoms with E-state index >= 15 is 0 Å². The third-order valence-corrected chi connectivity index (χ3v) is 2.92. The van der Waals surface area contributed by atoms with Gasteiger partial charge in [-0.25, -0.2) is 0 Å². The van der Waals surface area contributed by atoms with Gasteiger partial charge in [0.2, 0.25) is 0 Å². The molecule has 94 valence electrons. The number of carbonyl (C=O) groups excluding carboxylic acids is 1. The topological polar surface area (TPSA) is 60.2 Å². The standard InChI is InChI=1S/C13H13NO3S/c1-10-6-7-12(13(9-10)14(16)17)5-3-4-8-18-11(2)15/h6-7,9H,4,8H2,1-2H3. The molecule has 0 aliphatic rings. The molecule has 0 saturated carbocycles. The zero-order valence-electron chi connectivity index (χ0n) is 10.2. The Kier molecular flexibility index (Phi) is 5.40. The van der Waals surface area contributed by atoms with Crippen molar-refractivity contribution >= 4 is 22.6 Å². The molecule has 5 heteroatoms. The van der Waals surface area contributed by atoms with E-state index < -0.39 is 4.92 Å². The number of hydrogen-bond donors (Lipinski definition) is 0. The summed E-state index contributed by atoms with van der Waals surface area (Å²) in [6.45, 7) is 3.30. The maximum Gasteiger partial charge on any atom is 0.285 e. The van der Waals surface area contributed by atoms with Crippen LogP contribution < -0.4 is 0 Å². The van der Waals surface area contributed by atoms with Crippen LogP contribution in [-0.2, 0) is 4.79 Å². The monoisotopic (exact) mass is 263 g/mol. The van der Waals surface area contributed by atoms with Crippen molar-refractivity contribution in [3.63, 3.8) is 0 Å². The summed E-state index contributed by atoms with van der Waals surface area (Å²) in [5.74, 6) is 6.24. The van der Waals surface area contributed by atoms with Crippen molar-refractivity contribution in [1.82, 2.24) is 0 Å². The minimum absolute atomic E-state index is 0.0294. The Morgan fingerprint density at radius 3 is 2.83 bits per heavy atom. The zero-order valence-corrected chi connectivity index (χ0v) is 11.0. The molecule has 0 aliphatic heterocycles. The first-order valence-corrected chi connectivity index (χ1v) is 6.36. The predicted molar refractivity (Wildman–Crippen MR) is 72.5 cm³/mol. The van der Waals surface area contributed by atoms with Crippen molar-refractivity contribution in [2.24, 2.45) is 0 Å². The summed E-state index contributed by atoms with van der Waals surface area (Å²) in [5, 5.41) is 10.9. The van der Waals surface area contributed by atoms with Crippen LogP contribution in [0.25, 0.3) is 0 Å². The lowest BCUT2D eigenvalue weighted by Crippen LogP contribution is -1.93. The number of rotatable bonds is 3. The molecule has 0 aliphatic carbocycles. The van der Waals surface area contributed by atoms with Gasteiger partial charge in [-0.05, 0) is 18.6 Å². The minimum Gasteiger partial charge on any atom is -0.288 e. The van der Waals surface area contributed by atoms with E-state index in [1.807, 2.05) is 0 Å². The smallest absolute Gasteiger partial charge is 0.285 e. The number of thioether (sulfide) groups is 1. The zero-order chi connectivity index (χ0) is 13.5. The number of carbonyl (C=O) groups is 1. The molecular weight excluding hydrogens is 250 g/mol. The SMILES string of the molecule is CC(=O)SCCC#Cc1ccc(C)cc1[N+](=O)[O-]. The van der Waals surface area contributed by atoms with Crippen molar-refractivity contribution in [3.05, 3.63) is 39.4 Å². The van der Waals surface area contributed by atoms with E-state index in [2.05, 4.69) is 11.8 Å². The van der Waals surface area contributed by atoms with Gasteiger partial charge >= 0.3 is 0 Å². The van der Waals surface area contributed by atoms with Crippen LogP contribution in [0.2, 0.25) is 0 Å². The molecule has 0 spiro atoms. The van der Waals surface area contributed by atoms with Crippen LogP contribution in [0.1, 0.15) is 24.5 Å². The summed E-state index contributed by atoms with van der Waals surface area (Å²) < 4.78 is 0. The number of benzene rings is 1. The molecule has 1 rings (SSSR count). The van der Waals surface area contributed by atoms with Crippen LogP contribution in [-0.4, -0.2) is 15.8 Å². The maximum absolute atomic E-state index is 10.8. The van der Waals surface area contributed by atoms with Gasteiger partial charge in [-0.1, -0.05) is 29.7 Å². The molecule has 0 N–H and O–H groups in total. The number of nitro benzene ring substituents is 1. The summed E-state index contributed by atoms with van der Waals surface area (Å²) in [4.78, 5) is 21.1. The highest BCUT2D eigenvalue weighted by Crippen LogP contribution is 2.18. The first-order chi connectivity index (χ1) is 8.50. The highest BCUT2D eigenvalue weighted by molar-refractivity contribution is 8.13. The number of aryl methyl sites for hydroxylation is 1. The Balaban J connectivity index is 2.75. The number of hydrogen-bond acceptors (Lipinski definition) is 4. The Hall–Kier alpha value is -1.80. The molecular formula is C13H13NO3S. The Morgan fingerprint density at radius 1 is 1.50 bits per heavy atom. The molecule has 0 radical (unpaired) electrons. The van der Waals surface area contributed by atoms with Gasteiger partial charge < -0.3 is 0 Å². The molecule has 0 amide bonds. The fourth-order valence-electron chi connectivity index (χ4n) is 1.30. The predicted octanol–water partition coefficient (Wildman–Crippen LogP) is 2.92. The van der Waals surface area contributed by atoms with E-state index in [1.54, 1.807) is 19.1 Å². The van der Waals surface area contributed by atoms with Crippen LogP contribution in [0.3, 0.4) is 0 Å². The van der Waals surface area contributed by atoms with E-state index in [1.165, 1.54) is 24.8 Å². The molecule has 0 atom stereocenters. The normalized spacial score (nSPS) is 9.44. The first-order valence-electron chi connectivity index (χ1n) is 5.38. The highest BCUT2D eigenvalue weighted by atomic mass is 32.2. The third-order valence-electron chi connectivity index (χ3n) is 2.11. The largest absolute Gasteiger partial charge is 0.288 e. The second-order valence-corrected chi connectivity index (χ2v) is 4.94. The lowest BCUT2D eigenvalue weighted by molar-refractivity contribution is -0.385. The van der Waals surface area contributed by atoms with E-state index in [9.17, 15) is 14.9 Å². The fourth-order valence-corrected chi connectivity index (χ4v) is 1.79. The van der Waals surface area contributed by atoms with Gasteiger partial charge in [0.25, 0.3) is 5.69 Å². The molecule has 0 unspecified atom stereocenters. The lowest BCUT2D eigenvalue weighted by atomic mass is 10.1. The maximum atomic E-state index is 10.8. The summed E-state index contributed by atoms with van der Waals surface area (Å²) in [5.41, 5.74) is 1.28. The van der Waals surface area contributed by atoms with Crippen LogP contribution in [0.15, 0.2) is 18.2 Å². The van der Waals surface area contributed by atoms with Crippen molar-refractivity contribution < 1.29 is 9.72 Å². The minimum atomic E-state index is -0.429. The summed E-state index contributed by atoms with van der Waals surface area (Å²) >= 11 is 1.20. The second-order valence-electron chi connectivity index (χ2n) is 3.67. The van der Waals surface area contributed by atoms with Gasteiger partial charge in [0.15, 0.2) is 5.12 Å². The Morgan fingerprint density at radius 2 is 2.22 bits per heavy atom. The number of nitro groups is 1. The summed E-state index contributed by atoms with van der Waals surface area (Å²) in [6, 6.07) is 4.95. The molecule has 4 nitrogen and oxygen atoms in total. The van der Waals surface area contributed by atoms with Crippen LogP contribution in [0.4, 0.5) is 5.69 Å². The van der Waals surface area contributed by atoms with E-state index in [0.29, 0.717) is 17.7 Å². The van der Waals surface area contributed by atoms with Gasteiger partial charge in [-0.3, -0.25) is 14.9 Å². The van der Waals surface area contributed by atoms with Crippen molar-refractivity contribution in [1.29, 1.82) is 0 Å². The number of nitrogens with zero attached hydrogens (tertiary/aromatic N) is 1. The summed E-state index contributed by atoms with van der Waals surface area (Å²) in [6.07, 6.45) is 0.537. The van der Waals surface area contributed by atoms with Crippen LogP contribution in [0.5, 0.6) is 0 Å². The molecule has 0 aromatic heterocycles. The third kappa shape index (κ3) is 4.60. The van der Waals surface area contributed by atoms with E-state index in [4.69, 9.17) is 0 Å². The molecule has 0 saturated heterocycles. The lowest BCUT2D eigenvalue weighted by Gasteiger charge is -1.97. The van der Waals surface area contributed by atoms with E-state index in [-0.39, 0.29) is 10.8 Å². The highest BCUT2D eigenvalue weighted by Gasteiger charge is 2.11. The molecule has 0 heterocycles. The molecule has 0 bridgehead atoms. The average Bonchev–Trinajstić information content (AvgIpc) is 2.29. The van der Waals surface area contributed by atoms with Gasteiger partial charge in [0.05, 0.1) is 4.92 Å². The average molecular weight is 263 g/mol. The van der Waals surface area contributed by atoms with Gasteiger partial charge in [-0.2, -0.15) is 0 Å². The van der Waals surface area contributed by atoms with Gasteiger partial charge in [0.1, 0.15) is 5.56 Å². The van der Waals surface area contributed by atoms with E-state index in [0.717, 1.165) is 5.56 Å². The van der Waals surface area contributed by atoms with Crippen molar-refractivity contribution in [2.75, 3.05) is 5.75 Å². The van der Waals surface area contributed by atoms with Crippen molar-refractivity contribution in [2.45, 2.75) is 20.3 Å². The molecule has 1 aromatic rings. The molecule has 1 aromatic carbocycles. The first kappa shape index (κ1) is 14.3. The van der Waals surface area contributed by atoms with Gasteiger partial charge in [0, 0.05) is 25.2 Å². The Bertz CT molecular complexity index is 529.